The third kappa shape index (κ3) is 5.36. The van der Waals surface area contributed by atoms with Gasteiger partial charge in [0.15, 0.2) is 0 Å². The quantitative estimate of drug-likeness (QED) is 0.397. The smallest absolute Gasteiger partial charge is 0.338 e. The fraction of sp³-hybridized carbons (Fsp3) is 0.571. The second kappa shape index (κ2) is 11.5. The van der Waals surface area contributed by atoms with Crippen LogP contribution in [0.4, 0.5) is 0 Å². The number of carbonyl (C=O) groups excluding carboxylic acids is 2. The molecule has 4 saturated carbocycles. The van der Waals surface area contributed by atoms with Gasteiger partial charge in [0.25, 0.3) is 0 Å². The molecule has 0 radical (unpaired) electrons. The first-order chi connectivity index (χ1) is 19.1. The largest absolute Gasteiger partial charge is 0.478 e. The van der Waals surface area contributed by atoms with Gasteiger partial charge in [0.05, 0.1) is 11.1 Å². The highest BCUT2D eigenvalue weighted by atomic mass is 16.5. The van der Waals surface area contributed by atoms with Crippen LogP contribution < -0.4 is 0 Å². The standard InChI is InChI=1S/C28H38O3.C7H6O2/c1-18(29)23-11-12-24-22-10-9-20-17-21(31-26(30)19-7-5-4-6-8-19)13-15-27(20,2)25(22)14-16-28(23,24)3;8-7(9)6-4-2-1-3-5-6/h4-8,20-25H,9-17H2,1-3H3;1-5H,(H,8,9). The van der Waals surface area contributed by atoms with Crippen LogP contribution in [0.25, 0.3) is 0 Å². The number of hydrogen-bond donors (Lipinski definition) is 1. The zero-order valence-corrected chi connectivity index (χ0v) is 24.2. The first kappa shape index (κ1) is 28.6. The molecule has 0 heterocycles. The highest BCUT2D eigenvalue weighted by Gasteiger charge is 2.60. The Bertz CT molecular complexity index is 1210. The molecule has 6 rings (SSSR count). The van der Waals surface area contributed by atoms with E-state index in [9.17, 15) is 14.4 Å². The van der Waals surface area contributed by atoms with E-state index < -0.39 is 5.97 Å². The Morgan fingerprint density at radius 2 is 1.35 bits per heavy atom. The number of hydrogen-bond acceptors (Lipinski definition) is 4. The maximum absolute atomic E-state index is 12.6. The molecule has 1 N–H and O–H groups in total. The number of benzene rings is 2. The van der Waals surface area contributed by atoms with Crippen molar-refractivity contribution in [3.05, 3.63) is 71.8 Å². The number of carboxylic acids is 1. The molecule has 0 aliphatic heterocycles. The van der Waals surface area contributed by atoms with E-state index in [1.807, 2.05) is 37.3 Å². The first-order valence-corrected chi connectivity index (χ1v) is 15.2. The van der Waals surface area contributed by atoms with Gasteiger partial charge in [-0.3, -0.25) is 4.79 Å². The maximum Gasteiger partial charge on any atom is 0.338 e. The van der Waals surface area contributed by atoms with Gasteiger partial charge in [0, 0.05) is 5.92 Å². The van der Waals surface area contributed by atoms with E-state index in [4.69, 9.17) is 9.84 Å². The molecule has 0 aromatic heterocycles. The second-order valence-electron chi connectivity index (χ2n) is 13.3. The number of rotatable bonds is 4. The third-order valence-electron chi connectivity index (χ3n) is 11.4. The van der Waals surface area contributed by atoms with Crippen molar-refractivity contribution in [2.45, 2.75) is 84.7 Å². The summed E-state index contributed by atoms with van der Waals surface area (Å²) in [5.41, 5.74) is 1.59. The highest BCUT2D eigenvalue weighted by Crippen LogP contribution is 2.67. The van der Waals surface area contributed by atoms with Crippen LogP contribution in [0, 0.1) is 40.4 Å². The van der Waals surface area contributed by atoms with Crippen LogP contribution >= 0.6 is 0 Å². The molecule has 4 fully saturated rings. The molecule has 4 aliphatic carbocycles. The van der Waals surface area contributed by atoms with Crippen LogP contribution in [0.3, 0.4) is 0 Å². The summed E-state index contributed by atoms with van der Waals surface area (Å²) in [5, 5.41) is 8.38. The Balaban J connectivity index is 0.000000306. The first-order valence-electron chi connectivity index (χ1n) is 15.2. The zero-order valence-electron chi connectivity index (χ0n) is 24.2. The lowest BCUT2D eigenvalue weighted by atomic mass is 9.44. The summed E-state index contributed by atoms with van der Waals surface area (Å²) in [6.07, 6.45) is 10.7. The molecule has 0 bridgehead atoms. The summed E-state index contributed by atoms with van der Waals surface area (Å²) in [5.74, 6) is 2.61. The fourth-order valence-electron chi connectivity index (χ4n) is 9.37. The molecular formula is C35H44O5. The summed E-state index contributed by atoms with van der Waals surface area (Å²) in [7, 11) is 0. The molecular weight excluding hydrogens is 500 g/mol. The Morgan fingerprint density at radius 3 is 1.95 bits per heavy atom. The fourth-order valence-corrected chi connectivity index (χ4v) is 9.37. The van der Waals surface area contributed by atoms with Crippen molar-refractivity contribution >= 4 is 17.7 Å². The van der Waals surface area contributed by atoms with Crippen molar-refractivity contribution < 1.29 is 24.2 Å². The van der Waals surface area contributed by atoms with Crippen molar-refractivity contribution in [2.75, 3.05) is 0 Å². The summed E-state index contributed by atoms with van der Waals surface area (Å²) in [4.78, 5) is 35.1. The number of esters is 1. The zero-order chi connectivity index (χ0) is 28.5. The minimum absolute atomic E-state index is 0.0600. The van der Waals surface area contributed by atoms with Gasteiger partial charge in [0.1, 0.15) is 11.9 Å². The van der Waals surface area contributed by atoms with Gasteiger partial charge in [0.2, 0.25) is 0 Å². The van der Waals surface area contributed by atoms with Crippen molar-refractivity contribution in [3.8, 4) is 0 Å². The number of fused-ring (bicyclic) bond motifs is 5. The van der Waals surface area contributed by atoms with Gasteiger partial charge in [-0.05, 0) is 123 Å². The lowest BCUT2D eigenvalue weighted by Crippen LogP contribution is -2.54. The van der Waals surface area contributed by atoms with E-state index in [1.165, 1.54) is 38.5 Å². The van der Waals surface area contributed by atoms with Crippen LogP contribution in [0.2, 0.25) is 0 Å². The van der Waals surface area contributed by atoms with Crippen LogP contribution in [0.15, 0.2) is 60.7 Å². The second-order valence-corrected chi connectivity index (χ2v) is 13.3. The Hall–Kier alpha value is -2.95. The van der Waals surface area contributed by atoms with Gasteiger partial charge < -0.3 is 9.84 Å². The van der Waals surface area contributed by atoms with Crippen LogP contribution in [0.1, 0.15) is 99.3 Å². The molecule has 0 saturated heterocycles. The van der Waals surface area contributed by atoms with Gasteiger partial charge in [-0.2, -0.15) is 0 Å². The van der Waals surface area contributed by atoms with Crippen LogP contribution in [-0.2, 0) is 9.53 Å². The van der Waals surface area contributed by atoms with E-state index >= 15 is 0 Å². The molecule has 4 aliphatic rings. The van der Waals surface area contributed by atoms with E-state index in [-0.39, 0.29) is 23.4 Å². The predicted octanol–water partition coefficient (Wildman–Crippen LogP) is 7.84. The Labute approximate surface area is 238 Å². The molecule has 2 aromatic rings. The number of carboxylic acid groups (broad SMARTS) is 1. The molecule has 5 heteroatoms. The SMILES string of the molecule is CC(=O)C1CCC2C3CCC4CC(OC(=O)c5ccccc5)CCC4(C)C3CCC12C.O=C(O)c1ccccc1. The molecule has 0 spiro atoms. The van der Waals surface area contributed by atoms with Gasteiger partial charge in [-0.1, -0.05) is 50.2 Å². The van der Waals surface area contributed by atoms with Crippen molar-refractivity contribution in [1.82, 2.24) is 0 Å². The van der Waals surface area contributed by atoms with Gasteiger partial charge >= 0.3 is 11.9 Å². The third-order valence-corrected chi connectivity index (χ3v) is 11.4. The van der Waals surface area contributed by atoms with Crippen LogP contribution in [-0.4, -0.2) is 28.9 Å². The van der Waals surface area contributed by atoms with E-state index in [1.54, 1.807) is 30.3 Å². The number of ketones is 1. The molecule has 214 valence electrons. The Kier molecular flexibility index (Phi) is 8.22. The topological polar surface area (TPSA) is 80.7 Å². The predicted molar refractivity (Wildman–Crippen MR) is 155 cm³/mol. The monoisotopic (exact) mass is 544 g/mol. The highest BCUT2D eigenvalue weighted by molar-refractivity contribution is 5.89. The summed E-state index contributed by atoms with van der Waals surface area (Å²) in [6.45, 7) is 6.80. The van der Waals surface area contributed by atoms with E-state index in [0.29, 0.717) is 28.2 Å². The Morgan fingerprint density at radius 1 is 0.750 bits per heavy atom. The summed E-state index contributed by atoms with van der Waals surface area (Å²) in [6, 6.07) is 17.7. The van der Waals surface area contributed by atoms with Crippen LogP contribution in [0.5, 0.6) is 0 Å². The average Bonchev–Trinajstić information content (AvgIpc) is 3.32. The van der Waals surface area contributed by atoms with E-state index in [0.717, 1.165) is 37.0 Å². The number of Topliss-reactive ketones (excluding diaryl/α,β-unsaturated/α-hetero) is 1. The minimum Gasteiger partial charge on any atom is -0.478 e. The molecule has 5 nitrogen and oxygen atoms in total. The van der Waals surface area contributed by atoms with Crippen molar-refractivity contribution in [1.29, 1.82) is 0 Å². The maximum atomic E-state index is 12.6. The van der Waals surface area contributed by atoms with E-state index in [2.05, 4.69) is 13.8 Å². The average molecular weight is 545 g/mol. The number of ether oxygens (including phenoxy) is 1. The van der Waals surface area contributed by atoms with Gasteiger partial charge in [-0.15, -0.1) is 0 Å². The number of carbonyl (C=O) groups is 3. The molecule has 8 unspecified atom stereocenters. The number of aromatic carboxylic acids is 1. The lowest BCUT2D eigenvalue weighted by molar-refractivity contribution is -0.138. The normalized spacial score (nSPS) is 36.1. The van der Waals surface area contributed by atoms with Crippen molar-refractivity contribution in [2.24, 2.45) is 40.4 Å². The molecule has 2 aromatic carbocycles. The summed E-state index contributed by atoms with van der Waals surface area (Å²) < 4.78 is 5.96. The summed E-state index contributed by atoms with van der Waals surface area (Å²) >= 11 is 0. The minimum atomic E-state index is -0.879. The molecule has 40 heavy (non-hydrogen) atoms. The lowest BCUT2D eigenvalue weighted by Gasteiger charge is -2.61. The molecule has 8 atom stereocenters. The van der Waals surface area contributed by atoms with Crippen molar-refractivity contribution in [3.63, 3.8) is 0 Å². The molecule has 0 amide bonds. The van der Waals surface area contributed by atoms with Gasteiger partial charge in [-0.25, -0.2) is 9.59 Å².